The van der Waals surface area contributed by atoms with Gasteiger partial charge in [-0.25, -0.2) is 4.79 Å². The minimum Gasteiger partial charge on any atom is -0.385 e. The number of amides is 2. The van der Waals surface area contributed by atoms with Crippen molar-refractivity contribution < 1.29 is 67.4 Å². The molecule has 3 aliphatic rings. The molecule has 0 radical (unpaired) electrons. The topological polar surface area (TPSA) is 242 Å². The molecule has 2 aromatic rings. The second-order valence-corrected chi connectivity index (χ2v) is 20.0. The third-order valence-corrected chi connectivity index (χ3v) is 13.9. The summed E-state index contributed by atoms with van der Waals surface area (Å²) in [5.41, 5.74) is 2.42. The van der Waals surface area contributed by atoms with E-state index in [0.717, 1.165) is 11.4 Å². The summed E-state index contributed by atoms with van der Waals surface area (Å²) in [7, 11) is -11.9. The summed E-state index contributed by atoms with van der Waals surface area (Å²) >= 11 is 0. The van der Waals surface area contributed by atoms with Gasteiger partial charge in [0.05, 0.1) is 21.0 Å². The lowest BCUT2D eigenvalue weighted by molar-refractivity contribution is -0.438. The molecule has 1 fully saturated rings. The molecule has 0 spiro atoms. The Bertz CT molecular complexity index is 2510. The zero-order chi connectivity index (χ0) is 45.0. The lowest BCUT2D eigenvalue weighted by Gasteiger charge is -2.29. The Morgan fingerprint density at radius 1 is 0.820 bits per heavy atom. The predicted octanol–water partition coefficient (Wildman–Crippen LogP) is 5.20. The summed E-state index contributed by atoms with van der Waals surface area (Å²) in [5.74, 6) is -2.42. The van der Waals surface area contributed by atoms with Gasteiger partial charge in [0.1, 0.15) is 6.54 Å². The number of benzene rings is 2. The van der Waals surface area contributed by atoms with Crippen LogP contribution in [0.1, 0.15) is 89.7 Å². The van der Waals surface area contributed by atoms with Crippen LogP contribution in [0.15, 0.2) is 82.3 Å². The number of carbonyl (C=O) groups excluding carboxylic acids is 3. The highest BCUT2D eigenvalue weighted by Gasteiger charge is 2.48. The van der Waals surface area contributed by atoms with E-state index < -0.39 is 64.7 Å². The maximum atomic E-state index is 12.4. The number of likely N-dealkylation sites (N-methyl/N-ethyl adjacent to an activating group) is 1. The highest BCUT2D eigenvalue weighted by molar-refractivity contribution is 7.86. The van der Waals surface area contributed by atoms with Crippen LogP contribution in [0.2, 0.25) is 0 Å². The van der Waals surface area contributed by atoms with Crippen molar-refractivity contribution in [2.45, 2.75) is 99.2 Å². The molecule has 3 N–H and O–H groups in total. The molecule has 5 rings (SSSR count). The molecule has 1 saturated heterocycles. The Balaban J connectivity index is 1.48. The number of fused-ring (bicyclic) bond motifs is 2. The number of hydrogen-bond acceptors (Lipinski definition) is 12. The van der Waals surface area contributed by atoms with E-state index in [1.807, 2.05) is 43.6 Å². The van der Waals surface area contributed by atoms with Crippen molar-refractivity contribution in [3.05, 3.63) is 83.6 Å². The number of unbranched alkanes of at least 4 members (excludes halogenated alkanes) is 2. The molecule has 0 aliphatic carbocycles. The molecule has 0 saturated carbocycles. The summed E-state index contributed by atoms with van der Waals surface area (Å²) in [4.78, 5) is 42.5. The second kappa shape index (κ2) is 18.8. The molecular formula is C41H52N3O14S3+. The molecule has 3 heterocycles. The number of ether oxygens (including phenoxy) is 1. The van der Waals surface area contributed by atoms with Gasteiger partial charge in [-0.15, -0.1) is 5.06 Å². The van der Waals surface area contributed by atoms with Crippen molar-refractivity contribution in [3.63, 3.8) is 0 Å². The highest BCUT2D eigenvalue weighted by Crippen LogP contribution is 2.50. The van der Waals surface area contributed by atoms with Gasteiger partial charge in [-0.3, -0.25) is 23.2 Å². The monoisotopic (exact) mass is 906 g/mol. The van der Waals surface area contributed by atoms with Gasteiger partial charge in [0.25, 0.3) is 42.2 Å². The van der Waals surface area contributed by atoms with Gasteiger partial charge in [0.15, 0.2) is 5.71 Å². The van der Waals surface area contributed by atoms with Gasteiger partial charge in [-0.1, -0.05) is 18.2 Å². The van der Waals surface area contributed by atoms with Crippen LogP contribution in [0, 0.1) is 0 Å². The van der Waals surface area contributed by atoms with Gasteiger partial charge in [-0.2, -0.15) is 29.8 Å². The fourth-order valence-corrected chi connectivity index (χ4v) is 9.81. The fraction of sp³-hybridized carbons (Fsp3) is 0.463. The molecule has 2 amide bonds. The number of nitrogens with zero attached hydrogens (tertiary/aromatic N) is 3. The molecule has 0 aromatic heterocycles. The van der Waals surface area contributed by atoms with Gasteiger partial charge in [0.2, 0.25) is 5.69 Å². The quantitative estimate of drug-likeness (QED) is 0.0508. The van der Waals surface area contributed by atoms with Crippen molar-refractivity contribution in [2.24, 2.45) is 0 Å². The van der Waals surface area contributed by atoms with E-state index in [4.69, 9.17) is 9.57 Å². The minimum absolute atomic E-state index is 0.00882. The normalized spacial score (nSPS) is 21.5. The van der Waals surface area contributed by atoms with Gasteiger partial charge in [0, 0.05) is 80.4 Å². The van der Waals surface area contributed by atoms with E-state index >= 15 is 0 Å². The minimum atomic E-state index is -4.63. The van der Waals surface area contributed by atoms with E-state index in [-0.39, 0.29) is 41.9 Å². The number of rotatable bonds is 20. The number of allylic oxidation sites excluding steroid dienone is 6. The molecule has 2 aromatic carbocycles. The molecule has 2 unspecified atom stereocenters. The molecule has 61 heavy (non-hydrogen) atoms. The largest absolute Gasteiger partial charge is 0.385 e. The Morgan fingerprint density at radius 2 is 1.46 bits per heavy atom. The zero-order valence-electron chi connectivity index (χ0n) is 34.4. The number of methoxy groups -OCH3 is 1. The van der Waals surface area contributed by atoms with E-state index in [2.05, 4.69) is 4.90 Å². The summed E-state index contributed by atoms with van der Waals surface area (Å²) in [5, 5.41) is 0.500. The third-order valence-electron chi connectivity index (χ3n) is 11.4. The van der Waals surface area contributed by atoms with Crippen LogP contribution in [0.3, 0.4) is 0 Å². The molecule has 2 atom stereocenters. The molecule has 20 heteroatoms. The highest BCUT2D eigenvalue weighted by atomic mass is 32.2. The van der Waals surface area contributed by atoms with Crippen molar-refractivity contribution in [1.82, 2.24) is 5.06 Å². The lowest BCUT2D eigenvalue weighted by atomic mass is 9.76. The first-order chi connectivity index (χ1) is 28.5. The lowest BCUT2D eigenvalue weighted by Crippen LogP contribution is -2.32. The van der Waals surface area contributed by atoms with Crippen LogP contribution < -0.4 is 4.90 Å². The maximum absolute atomic E-state index is 12.4. The predicted molar refractivity (Wildman–Crippen MR) is 224 cm³/mol. The summed E-state index contributed by atoms with van der Waals surface area (Å²) in [6.07, 6.45) is 11.1. The Kier molecular flexibility index (Phi) is 14.6. The first kappa shape index (κ1) is 47.5. The molecule has 0 bridgehead atoms. The Labute approximate surface area is 356 Å². The smallest absolute Gasteiger partial charge is 0.333 e. The Hall–Kier alpha value is -4.57. The maximum Gasteiger partial charge on any atom is 0.333 e. The van der Waals surface area contributed by atoms with Gasteiger partial charge < -0.3 is 14.5 Å². The number of hydroxylamine groups is 2. The number of imide groups is 1. The third kappa shape index (κ3) is 10.7. The molecule has 332 valence electrons. The first-order valence-electron chi connectivity index (χ1n) is 19.8. The SMILES string of the molecule is CCN1/C(=C/C=C/C=C/C2=[N+](CCCCCC(=O)ON3C(=O)CCC3=O)c3ccc(S(=O)(=O)O)cc3C2(C)CCCS(=O)(=O)O)C(C)(CCOC)c2cc(S(=O)(=O)O)ccc21. The number of hydrogen-bond donors (Lipinski definition) is 3. The second-order valence-electron chi connectivity index (χ2n) is 15.5. The van der Waals surface area contributed by atoms with E-state index in [9.17, 15) is 53.3 Å². The fourth-order valence-electron chi connectivity index (χ4n) is 8.29. The van der Waals surface area contributed by atoms with Crippen LogP contribution in [-0.2, 0) is 65.1 Å². The van der Waals surface area contributed by atoms with E-state index in [0.29, 0.717) is 73.0 Å². The van der Waals surface area contributed by atoms with Crippen LogP contribution in [0.4, 0.5) is 11.4 Å². The molecule has 3 aliphatic heterocycles. The van der Waals surface area contributed by atoms with Crippen LogP contribution in [0.25, 0.3) is 0 Å². The first-order valence-corrected chi connectivity index (χ1v) is 24.3. The molecular weight excluding hydrogens is 855 g/mol. The summed E-state index contributed by atoms with van der Waals surface area (Å²) < 4.78 is 109. The standard InChI is InChI=1S/C41H51N3O14S3/c1-5-42-33-18-16-29(60(51,52)53)27-31(33)41(3,23-25-57-4)35(42)13-8-6-9-14-36-40(2,22-12-26-59(48,49)50)32-28-30(61(54,55)56)17-19-34(32)43(36)24-11-7-10-15-39(47)58-44-37(45)20-21-38(44)46/h6,8-9,13-14,16-19,27-28H,5,7,10-12,15,20-26H2,1-4H3,(H2-,48,49,50,51,52,53,54,55,56)/p+1. The number of carbonyl (C=O) groups is 3. The summed E-state index contributed by atoms with van der Waals surface area (Å²) in [6, 6.07) is 8.70. The summed E-state index contributed by atoms with van der Waals surface area (Å²) in [6.45, 7) is 7.04. The van der Waals surface area contributed by atoms with Gasteiger partial charge in [-0.05, 0) is 94.8 Å². The van der Waals surface area contributed by atoms with E-state index in [1.165, 1.54) is 24.3 Å². The van der Waals surface area contributed by atoms with Gasteiger partial charge >= 0.3 is 5.97 Å². The average molecular weight is 907 g/mol. The number of anilines is 1. The van der Waals surface area contributed by atoms with Crippen LogP contribution in [0.5, 0.6) is 0 Å². The average Bonchev–Trinajstić information content (AvgIpc) is 3.71. The van der Waals surface area contributed by atoms with Crippen molar-refractivity contribution in [2.75, 3.05) is 37.5 Å². The van der Waals surface area contributed by atoms with Crippen molar-refractivity contribution in [1.29, 1.82) is 0 Å². The van der Waals surface area contributed by atoms with Crippen molar-refractivity contribution in [3.8, 4) is 0 Å². The van der Waals surface area contributed by atoms with Crippen molar-refractivity contribution >= 4 is 65.2 Å². The van der Waals surface area contributed by atoms with E-state index in [1.54, 1.807) is 31.4 Å². The zero-order valence-corrected chi connectivity index (χ0v) is 36.9. The van der Waals surface area contributed by atoms with Crippen LogP contribution >= 0.6 is 0 Å². The molecule has 17 nitrogen and oxygen atoms in total. The Morgan fingerprint density at radius 3 is 2.07 bits per heavy atom. The van der Waals surface area contributed by atoms with Crippen LogP contribution in [-0.4, -0.2) is 105 Å².